The van der Waals surface area contributed by atoms with Crippen LogP contribution in [-0.2, 0) is 20.8 Å². The van der Waals surface area contributed by atoms with Crippen LogP contribution in [0.1, 0.15) is 36.4 Å². The van der Waals surface area contributed by atoms with E-state index < -0.39 is 24.0 Å². The SMILES string of the molecule is C[N+](C)(C)CCCCNC(=O)[C@@H]1C[C@@H]2C(=O)N[C@@H](Cc3ccccc3)C(=O)N2[C@@H]1c1ccc(O)cc1. The van der Waals surface area contributed by atoms with Crippen molar-refractivity contribution in [1.29, 1.82) is 0 Å². The summed E-state index contributed by atoms with van der Waals surface area (Å²) >= 11 is 0. The molecule has 0 spiro atoms. The van der Waals surface area contributed by atoms with Crippen LogP contribution in [0.2, 0.25) is 0 Å². The van der Waals surface area contributed by atoms with E-state index in [0.29, 0.717) is 13.0 Å². The lowest BCUT2D eigenvalue weighted by Gasteiger charge is -2.38. The quantitative estimate of drug-likeness (QED) is 0.368. The van der Waals surface area contributed by atoms with E-state index in [4.69, 9.17) is 0 Å². The lowest BCUT2D eigenvalue weighted by Crippen LogP contribution is -2.62. The second-order valence-electron chi connectivity index (χ2n) is 10.9. The zero-order valence-corrected chi connectivity index (χ0v) is 21.3. The third kappa shape index (κ3) is 5.87. The van der Waals surface area contributed by atoms with Gasteiger partial charge in [0.25, 0.3) is 0 Å². The van der Waals surface area contributed by atoms with Crippen molar-refractivity contribution in [2.45, 2.75) is 43.8 Å². The fraction of sp³-hybridized carbons (Fsp3) is 0.464. The van der Waals surface area contributed by atoms with Crippen LogP contribution in [0.25, 0.3) is 0 Å². The molecule has 2 aliphatic rings. The summed E-state index contributed by atoms with van der Waals surface area (Å²) in [6.45, 7) is 1.57. The lowest BCUT2D eigenvalue weighted by atomic mass is 9.92. The molecule has 0 bridgehead atoms. The average molecular weight is 494 g/mol. The van der Waals surface area contributed by atoms with Crippen molar-refractivity contribution < 1.29 is 24.0 Å². The number of piperazine rings is 1. The summed E-state index contributed by atoms with van der Waals surface area (Å²) in [6, 6.07) is 14.2. The van der Waals surface area contributed by atoms with Crippen molar-refractivity contribution in [1.82, 2.24) is 15.5 Å². The van der Waals surface area contributed by atoms with Gasteiger partial charge in [0.1, 0.15) is 17.8 Å². The Kier molecular flexibility index (Phi) is 7.64. The van der Waals surface area contributed by atoms with Crippen LogP contribution in [-0.4, -0.2) is 78.5 Å². The van der Waals surface area contributed by atoms with E-state index in [2.05, 4.69) is 31.8 Å². The van der Waals surface area contributed by atoms with Gasteiger partial charge in [-0.15, -0.1) is 0 Å². The molecule has 0 radical (unpaired) electrons. The molecule has 36 heavy (non-hydrogen) atoms. The van der Waals surface area contributed by atoms with Gasteiger partial charge in [-0.05, 0) is 42.5 Å². The van der Waals surface area contributed by atoms with Gasteiger partial charge >= 0.3 is 0 Å². The smallest absolute Gasteiger partial charge is 0.246 e. The van der Waals surface area contributed by atoms with E-state index in [0.717, 1.165) is 35.0 Å². The largest absolute Gasteiger partial charge is 0.508 e. The molecule has 0 aliphatic carbocycles. The van der Waals surface area contributed by atoms with Gasteiger partial charge in [0, 0.05) is 13.0 Å². The van der Waals surface area contributed by atoms with Crippen molar-refractivity contribution in [2.75, 3.05) is 34.2 Å². The van der Waals surface area contributed by atoms with Crippen LogP contribution in [0.3, 0.4) is 0 Å². The molecule has 4 atom stereocenters. The van der Waals surface area contributed by atoms with Crippen LogP contribution >= 0.6 is 0 Å². The summed E-state index contributed by atoms with van der Waals surface area (Å²) in [7, 11) is 6.42. The summed E-state index contributed by atoms with van der Waals surface area (Å²) in [4.78, 5) is 41.8. The summed E-state index contributed by atoms with van der Waals surface area (Å²) < 4.78 is 0.873. The summed E-state index contributed by atoms with van der Waals surface area (Å²) in [6.07, 6.45) is 2.52. The van der Waals surface area contributed by atoms with Gasteiger partial charge in [-0.2, -0.15) is 0 Å². The highest BCUT2D eigenvalue weighted by Gasteiger charge is 2.54. The molecule has 3 amide bonds. The number of unbranched alkanes of at least 4 members (excludes halogenated alkanes) is 1. The molecule has 3 N–H and O–H groups in total. The fourth-order valence-corrected chi connectivity index (χ4v) is 5.26. The number of nitrogens with one attached hydrogen (secondary N) is 2. The first-order valence-corrected chi connectivity index (χ1v) is 12.7. The van der Waals surface area contributed by atoms with Gasteiger partial charge in [-0.25, -0.2) is 0 Å². The zero-order valence-electron chi connectivity index (χ0n) is 21.3. The summed E-state index contributed by atoms with van der Waals surface area (Å²) in [5.74, 6) is -0.996. The molecule has 2 aromatic rings. The molecule has 2 saturated heterocycles. The topological polar surface area (TPSA) is 98.7 Å². The zero-order chi connectivity index (χ0) is 25.9. The number of hydrogen-bond acceptors (Lipinski definition) is 4. The van der Waals surface area contributed by atoms with Crippen molar-refractivity contribution in [3.63, 3.8) is 0 Å². The van der Waals surface area contributed by atoms with Crippen LogP contribution < -0.4 is 10.6 Å². The predicted octanol–water partition coefficient (Wildman–Crippen LogP) is 1.99. The molecule has 0 saturated carbocycles. The number of benzene rings is 2. The summed E-state index contributed by atoms with van der Waals surface area (Å²) in [5.41, 5.74) is 1.69. The van der Waals surface area contributed by atoms with Crippen LogP contribution in [0.5, 0.6) is 5.75 Å². The Morgan fingerprint density at radius 1 is 1.06 bits per heavy atom. The van der Waals surface area contributed by atoms with Gasteiger partial charge < -0.3 is 25.1 Å². The van der Waals surface area contributed by atoms with Crippen molar-refractivity contribution in [2.24, 2.45) is 5.92 Å². The fourth-order valence-electron chi connectivity index (χ4n) is 5.26. The number of carbonyl (C=O) groups excluding carboxylic acids is 3. The Balaban J connectivity index is 1.54. The maximum atomic E-state index is 13.7. The maximum Gasteiger partial charge on any atom is 0.246 e. The van der Waals surface area contributed by atoms with E-state index >= 15 is 0 Å². The molecule has 8 nitrogen and oxygen atoms in total. The molecule has 0 unspecified atom stereocenters. The normalized spacial score (nSPS) is 23.8. The average Bonchev–Trinajstić information content (AvgIpc) is 3.24. The number of carbonyl (C=O) groups is 3. The standard InChI is InChI=1S/C28H36N4O4/c1-32(2,3)16-8-7-15-29-26(34)22-18-24-27(35)30-23(17-19-9-5-4-6-10-19)28(36)31(24)25(22)20-11-13-21(33)14-12-20/h4-6,9-14,22-25H,7-8,15-18H2,1-3H3,(H2-,29,30,33,34,35)/p+1/t22-,23+,24-,25-/m1/s1. The molecule has 4 rings (SSSR count). The third-order valence-electron chi connectivity index (χ3n) is 7.07. The monoisotopic (exact) mass is 493 g/mol. The highest BCUT2D eigenvalue weighted by Crippen LogP contribution is 2.43. The number of hydrogen-bond donors (Lipinski definition) is 3. The molecule has 2 aromatic carbocycles. The van der Waals surface area contributed by atoms with Crippen molar-refractivity contribution in [3.8, 4) is 5.75 Å². The molecule has 192 valence electrons. The minimum atomic E-state index is -0.697. The Hall–Kier alpha value is -3.39. The number of fused-ring (bicyclic) bond motifs is 1. The minimum absolute atomic E-state index is 0.108. The minimum Gasteiger partial charge on any atom is -0.508 e. The van der Waals surface area contributed by atoms with E-state index in [-0.39, 0.29) is 29.9 Å². The highest BCUT2D eigenvalue weighted by atomic mass is 16.3. The van der Waals surface area contributed by atoms with Crippen LogP contribution in [0.15, 0.2) is 54.6 Å². The van der Waals surface area contributed by atoms with E-state index in [1.54, 1.807) is 29.2 Å². The highest BCUT2D eigenvalue weighted by molar-refractivity contribution is 5.99. The number of nitrogens with zero attached hydrogens (tertiary/aromatic N) is 2. The summed E-state index contributed by atoms with van der Waals surface area (Å²) in [5, 5.41) is 15.8. The van der Waals surface area contributed by atoms with Gasteiger partial charge in [0.05, 0.1) is 39.6 Å². The Morgan fingerprint density at radius 2 is 1.75 bits per heavy atom. The van der Waals surface area contributed by atoms with Crippen LogP contribution in [0.4, 0.5) is 0 Å². The molecule has 2 aliphatic heterocycles. The first-order valence-electron chi connectivity index (χ1n) is 12.7. The van der Waals surface area contributed by atoms with Crippen molar-refractivity contribution >= 4 is 17.7 Å². The Morgan fingerprint density at radius 3 is 2.42 bits per heavy atom. The number of rotatable bonds is 9. The Labute approximate surface area is 212 Å². The first-order chi connectivity index (χ1) is 17.1. The first kappa shape index (κ1) is 25.7. The molecule has 8 heteroatoms. The van der Waals surface area contributed by atoms with Gasteiger partial charge in [-0.3, -0.25) is 14.4 Å². The maximum absolute atomic E-state index is 13.7. The van der Waals surface area contributed by atoms with E-state index in [1.165, 1.54) is 0 Å². The predicted molar refractivity (Wildman–Crippen MR) is 137 cm³/mol. The second kappa shape index (κ2) is 10.7. The van der Waals surface area contributed by atoms with Gasteiger partial charge in [0.15, 0.2) is 0 Å². The number of aromatic hydroxyl groups is 1. The Bertz CT molecular complexity index is 1080. The molecule has 2 fully saturated rings. The number of phenolic OH excluding ortho intramolecular Hbond substituents is 1. The van der Waals surface area contributed by atoms with Crippen molar-refractivity contribution in [3.05, 3.63) is 65.7 Å². The van der Waals surface area contributed by atoms with Gasteiger partial charge in [0.2, 0.25) is 17.7 Å². The molecular formula is C28H37N4O4+. The number of amides is 3. The molecule has 0 aromatic heterocycles. The van der Waals surface area contributed by atoms with E-state index in [1.807, 2.05) is 30.3 Å². The van der Waals surface area contributed by atoms with Gasteiger partial charge in [-0.1, -0.05) is 42.5 Å². The second-order valence-corrected chi connectivity index (χ2v) is 10.9. The van der Waals surface area contributed by atoms with E-state index in [9.17, 15) is 19.5 Å². The molecular weight excluding hydrogens is 456 g/mol. The molecule has 2 heterocycles. The lowest BCUT2D eigenvalue weighted by molar-refractivity contribution is -0.870. The van der Waals surface area contributed by atoms with Crippen LogP contribution in [0, 0.1) is 5.92 Å². The number of phenols is 1. The third-order valence-corrected chi connectivity index (χ3v) is 7.07. The number of quaternary nitrogens is 1.